The van der Waals surface area contributed by atoms with Gasteiger partial charge in [0.2, 0.25) is 35.4 Å². The van der Waals surface area contributed by atoms with Crippen LogP contribution in [-0.4, -0.2) is 353 Å². The van der Waals surface area contributed by atoms with Crippen molar-refractivity contribution in [2.75, 3.05) is 78.5 Å². The van der Waals surface area contributed by atoms with Crippen LogP contribution in [0.3, 0.4) is 0 Å². The molecular weight excluding hydrogens is 1910 g/mol. The highest BCUT2D eigenvalue weighted by Crippen LogP contribution is 2.29. The molecule has 0 unspecified atom stereocenters. The zero-order chi connectivity index (χ0) is 106. The molecule has 12 saturated heterocycles. The Morgan fingerprint density at radius 1 is 0.188 bits per heavy atom. The number of rotatable bonds is 36. The van der Waals surface area contributed by atoms with E-state index in [2.05, 4.69) is 144 Å². The monoisotopic (exact) mass is 2060 g/mol. The van der Waals surface area contributed by atoms with E-state index in [0.29, 0.717) is 142 Å². The summed E-state index contributed by atoms with van der Waals surface area (Å²) in [4.78, 5) is 319. The Hall–Kier alpha value is -11.8. The second-order valence-corrected chi connectivity index (χ2v) is 38.7. The largest absolute Gasteiger partial charge is 0.354 e. The summed E-state index contributed by atoms with van der Waals surface area (Å²) >= 11 is 0. The molecule has 0 bridgehead atoms. The third-order valence-electron chi connectivity index (χ3n) is 27.3. The summed E-state index contributed by atoms with van der Waals surface area (Å²) in [7, 11) is 0. The van der Waals surface area contributed by atoms with Crippen LogP contribution < -0.4 is 31.9 Å². The third-order valence-corrected chi connectivity index (χ3v) is 27.3. The number of likely N-dealkylation sites (tertiary alicyclic amines) is 6. The molecule has 12 rings (SSSR count). The fraction of sp³-hybridized carbons (Fsp3) is 0.750. The third kappa shape index (κ3) is 39.6. The maximum Gasteiger partial charge on any atom is 0.334 e. The van der Waals surface area contributed by atoms with E-state index < -0.39 is 107 Å². The molecule has 0 aromatic carbocycles. The van der Waals surface area contributed by atoms with Gasteiger partial charge in [-0.1, -0.05) is 38.5 Å². The number of imide groups is 6. The molecule has 0 radical (unpaired) electrons. The van der Waals surface area contributed by atoms with Gasteiger partial charge in [-0.25, -0.2) is 28.8 Å². The Morgan fingerprint density at radius 3 is 0.382 bits per heavy atom. The van der Waals surface area contributed by atoms with Crippen LogP contribution in [0.4, 0.5) is 0 Å². The van der Waals surface area contributed by atoms with Crippen molar-refractivity contribution in [1.29, 1.82) is 0 Å². The van der Waals surface area contributed by atoms with E-state index in [0.717, 1.165) is 77.0 Å². The maximum absolute atomic E-state index is 12.0. The quantitative estimate of drug-likeness (QED) is 0.0297. The molecule has 12 heterocycles. The Bertz CT molecular complexity index is 3690. The van der Waals surface area contributed by atoms with E-state index in [-0.39, 0.29) is 190 Å². The second-order valence-electron chi connectivity index (χ2n) is 38.7. The van der Waals surface area contributed by atoms with Gasteiger partial charge >= 0.3 is 35.8 Å². The lowest BCUT2D eigenvalue weighted by atomic mass is 9.98. The predicted molar refractivity (Wildman–Crippen MR) is 506 cm³/mol. The summed E-state index contributed by atoms with van der Waals surface area (Å²) in [6, 6.07) is 4.46. The van der Waals surface area contributed by atoms with Crippen LogP contribution in [0.25, 0.3) is 0 Å². The molecule has 0 aromatic heterocycles. The Kier molecular flexibility index (Phi) is 49.9. The molecular formula is C96H150N18O30. The van der Waals surface area contributed by atoms with Crippen molar-refractivity contribution in [2.24, 2.45) is 0 Å². The zero-order valence-corrected chi connectivity index (χ0v) is 85.5. The number of hydrogen-bond acceptors (Lipinski definition) is 36. The van der Waals surface area contributed by atoms with E-state index in [1.165, 1.54) is 38.5 Å². The number of nitrogens with zero attached hydrogens (tertiary/aromatic N) is 12. The first-order valence-electron chi connectivity index (χ1n) is 50.8. The first kappa shape index (κ1) is 119. The lowest BCUT2D eigenvalue weighted by molar-refractivity contribution is -0.197. The normalized spacial score (nSPS) is 25.0. The average molecular weight is 2060 g/mol. The van der Waals surface area contributed by atoms with Gasteiger partial charge in [-0.05, 0) is 160 Å². The molecule has 144 heavy (non-hydrogen) atoms. The highest BCUT2D eigenvalue weighted by atomic mass is 16.8. The summed E-state index contributed by atoms with van der Waals surface area (Å²) < 4.78 is 0. The summed E-state index contributed by atoms with van der Waals surface area (Å²) in [6.45, 7) is 27.9. The molecule has 0 aliphatic carbocycles. The summed E-state index contributed by atoms with van der Waals surface area (Å²) in [5.41, 5.74) is 0. The SMILES string of the molecule is C[13C@@H]1CCC[13C@H]([13CH3])N1CC(=O)[15NH]CCC(=O)ON1C(=O)CCC1=O.C[13C@@H]1CCC[13C@H]([13CH3])[15N]1CC(=O)NCCC(=O)ON1C(=O)CCC1=O.C[C@@H]1CCC[C@H](C)N1C[13C](=O)[15NH][13CH2][13CH2][13C](=O)ON1C(=O)CCC1=O.C[C@@H]1CCC[C@H](C)N1[13CH2][13C](=O)[15NH][13CH2][13CH2]C(=O)ON1C(=O)CCC1=O.C[C@@H]1CCC[C@H]([13CH3])N1C[13C](=O)[15NH][13CH2]CC(=O)ON1C(=O)CCC1=O.C[C@@H]1CCC[C@H]([13CH3])N1[13CH2][13C](=O)[15NH]CCC(=O)ON1C(=O)CCC1=O. The molecule has 6 N–H and O–H groups in total. The van der Waals surface area contributed by atoms with Gasteiger partial charge in [0.05, 0.1) is 77.8 Å². The van der Waals surface area contributed by atoms with Crippen LogP contribution >= 0.6 is 0 Å². The van der Waals surface area contributed by atoms with Gasteiger partial charge in [0.15, 0.2) is 0 Å². The molecule has 12 aliphatic rings. The maximum atomic E-state index is 12.0. The van der Waals surface area contributed by atoms with E-state index in [4.69, 9.17) is 29.0 Å². The zero-order valence-electron chi connectivity index (χ0n) is 85.5. The van der Waals surface area contributed by atoms with Crippen LogP contribution in [-0.2, 0) is 144 Å². The molecule has 0 saturated carbocycles. The first-order valence-corrected chi connectivity index (χ1v) is 50.8. The number of hydrogen-bond donors (Lipinski definition) is 6. The van der Waals surface area contributed by atoms with Crippen molar-refractivity contribution in [2.45, 2.75) is 387 Å². The smallest absolute Gasteiger partial charge is 0.334 e. The standard InChI is InChI=1S/6C16H25N3O5/c6*1-11-4-3-5-12(2)18(11)10-13(20)17-9-8-16(23)24-19-14(21)6-7-15(19)22/h6*11-12H,3-10H2,1-2H3,(H,17,20)/t6*11-,12+/i8+1,9+1,13+1,16+1,17+1;8+1,9+1,10+1,13+1,17+1;1+1,11+1,12+1,18+1;1+1,11+1,12+1,17+1;1+1,10+1,13+1,17+1;1+1,9+1,13+1,17+1/m..0000/s1. The fourth-order valence-electron chi connectivity index (χ4n) is 18.7. The molecule has 48 nitrogen and oxygen atoms in total. The van der Waals surface area contributed by atoms with E-state index in [1.54, 1.807) is 0 Å². The highest BCUT2D eigenvalue weighted by Gasteiger charge is 2.41. The Labute approximate surface area is 839 Å². The summed E-state index contributed by atoms with van der Waals surface area (Å²) in [6.07, 6.45) is 20.3. The Balaban J connectivity index is 0.000000234. The number of nitrogens with one attached hydrogen (secondary N) is 6. The lowest BCUT2D eigenvalue weighted by Gasteiger charge is -2.38. The minimum atomic E-state index is -0.710. The molecule has 0 aromatic rings. The van der Waals surface area contributed by atoms with E-state index in [1.807, 2.05) is 0 Å². The summed E-state index contributed by atoms with van der Waals surface area (Å²) in [5.74, 6) is -11.2. The van der Waals surface area contributed by atoms with Gasteiger partial charge in [0.1, 0.15) is 0 Å². The van der Waals surface area contributed by atoms with E-state index in [9.17, 15) is 115 Å². The van der Waals surface area contributed by atoms with Crippen molar-refractivity contribution >= 4 is 142 Å². The van der Waals surface area contributed by atoms with Crippen molar-refractivity contribution in [3.63, 3.8) is 0 Å². The van der Waals surface area contributed by atoms with Crippen molar-refractivity contribution in [3.05, 3.63) is 0 Å². The van der Waals surface area contributed by atoms with Crippen LogP contribution in [0.5, 0.6) is 0 Å². The van der Waals surface area contributed by atoms with Gasteiger partial charge < -0.3 is 60.9 Å². The molecule has 12 fully saturated rings. The molecule has 48 heteroatoms. The number of carbonyl (C=O) groups excluding carboxylic acids is 24. The van der Waals surface area contributed by atoms with Crippen molar-refractivity contribution in [3.8, 4) is 0 Å². The summed E-state index contributed by atoms with van der Waals surface area (Å²) in [5, 5.41) is 19.2. The van der Waals surface area contributed by atoms with Gasteiger partial charge in [0, 0.05) is 189 Å². The van der Waals surface area contributed by atoms with Gasteiger partial charge in [-0.15, -0.1) is 30.4 Å². The average Bonchev–Trinajstić information content (AvgIpc) is 1.82. The number of piperidine rings is 6. The minimum Gasteiger partial charge on any atom is -0.354 e. The van der Waals surface area contributed by atoms with Crippen LogP contribution in [0, 0.1) is 0 Å². The van der Waals surface area contributed by atoms with Crippen LogP contribution in [0.2, 0.25) is 0 Å². The molecule has 804 valence electrons. The van der Waals surface area contributed by atoms with Crippen LogP contribution in [0.1, 0.15) is 314 Å². The van der Waals surface area contributed by atoms with Crippen molar-refractivity contribution in [1.82, 2.24) is 91.7 Å². The number of carbonyl (C=O) groups is 24. The molecule has 12 atom stereocenters. The van der Waals surface area contributed by atoms with Gasteiger partial charge in [0.25, 0.3) is 70.9 Å². The predicted octanol–water partition coefficient (Wildman–Crippen LogP) is 2.18. The molecule has 0 spiro atoms. The fourth-order valence-corrected chi connectivity index (χ4v) is 18.7. The first-order chi connectivity index (χ1) is 68.3. The topological polar surface area (TPSA) is 576 Å². The van der Waals surface area contributed by atoms with Crippen LogP contribution in [0.15, 0.2) is 0 Å². The highest BCUT2D eigenvalue weighted by molar-refractivity contribution is 6.05. The van der Waals surface area contributed by atoms with E-state index >= 15 is 0 Å². The molecule has 18 amide bonds. The van der Waals surface area contributed by atoms with Crippen molar-refractivity contribution < 1.29 is 144 Å². The minimum absolute atomic E-state index is 0.0645. The molecule has 12 aliphatic heterocycles. The van der Waals surface area contributed by atoms with Gasteiger partial charge in [-0.2, -0.15) is 0 Å². The second kappa shape index (κ2) is 60.2. The Morgan fingerprint density at radius 2 is 0.285 bits per heavy atom. The lowest BCUT2D eigenvalue weighted by Crippen LogP contribution is -2.48. The number of amides is 18. The number of hydroxylamine groups is 12. The van der Waals surface area contributed by atoms with Gasteiger partial charge in [-0.3, -0.25) is 116 Å².